The summed E-state index contributed by atoms with van der Waals surface area (Å²) in [4.78, 5) is 25.8. The van der Waals surface area contributed by atoms with E-state index in [2.05, 4.69) is 24.5 Å². The predicted octanol–water partition coefficient (Wildman–Crippen LogP) is 1.17. The first-order chi connectivity index (χ1) is 9.13. The Morgan fingerprint density at radius 2 is 1.95 bits per heavy atom. The average Bonchev–Trinajstić information content (AvgIpc) is 2.79. The minimum Gasteiger partial charge on any atom is -0.355 e. The minimum absolute atomic E-state index is 0. The molecule has 1 fully saturated rings. The van der Waals surface area contributed by atoms with E-state index in [-0.39, 0.29) is 36.2 Å². The number of nitrogens with zero attached hydrogens (tertiary/aromatic N) is 1. The van der Waals surface area contributed by atoms with E-state index in [1.54, 1.807) is 0 Å². The molecule has 1 aliphatic heterocycles. The molecule has 5 nitrogen and oxygen atoms in total. The maximum atomic E-state index is 12.0. The largest absolute Gasteiger partial charge is 0.355 e. The number of rotatable bonds is 8. The van der Waals surface area contributed by atoms with Crippen LogP contribution in [0, 0.1) is 5.92 Å². The lowest BCUT2D eigenvalue weighted by atomic mass is 10.1. The molecule has 1 atom stereocenters. The van der Waals surface area contributed by atoms with Gasteiger partial charge in [0.15, 0.2) is 0 Å². The fourth-order valence-corrected chi connectivity index (χ4v) is 2.58. The smallest absolute Gasteiger partial charge is 0.225 e. The van der Waals surface area contributed by atoms with Gasteiger partial charge in [0, 0.05) is 32.1 Å². The number of carbonyl (C=O) groups is 2. The van der Waals surface area contributed by atoms with E-state index in [0.717, 1.165) is 25.9 Å². The number of amides is 2. The van der Waals surface area contributed by atoms with Gasteiger partial charge in [-0.1, -0.05) is 20.8 Å². The van der Waals surface area contributed by atoms with Gasteiger partial charge in [0.1, 0.15) is 0 Å². The summed E-state index contributed by atoms with van der Waals surface area (Å²) in [5.41, 5.74) is 0. The fourth-order valence-electron chi connectivity index (χ4n) is 2.58. The highest BCUT2D eigenvalue weighted by atomic mass is 35.5. The van der Waals surface area contributed by atoms with E-state index in [1.165, 1.54) is 0 Å². The lowest BCUT2D eigenvalue weighted by molar-refractivity contribution is -0.130. The molecule has 1 unspecified atom stereocenters. The SMILES string of the molecule is CCNCCNC(=O)C1CC(=O)N(C(CC)CC)C1.Cl. The average molecular weight is 306 g/mol. The van der Waals surface area contributed by atoms with Crippen LogP contribution >= 0.6 is 12.4 Å². The first-order valence-electron chi connectivity index (χ1n) is 7.41. The first kappa shape index (κ1) is 19.2. The van der Waals surface area contributed by atoms with E-state index < -0.39 is 0 Å². The number of nitrogens with one attached hydrogen (secondary N) is 2. The summed E-state index contributed by atoms with van der Waals surface area (Å²) in [7, 11) is 0. The molecule has 0 spiro atoms. The number of hydrogen-bond donors (Lipinski definition) is 2. The minimum atomic E-state index is -0.172. The van der Waals surface area contributed by atoms with Crippen molar-refractivity contribution >= 4 is 24.2 Å². The summed E-state index contributed by atoms with van der Waals surface area (Å²) in [5.74, 6) is -0.0324. The van der Waals surface area contributed by atoms with Gasteiger partial charge in [0.2, 0.25) is 11.8 Å². The molecule has 0 aliphatic carbocycles. The highest BCUT2D eigenvalue weighted by Gasteiger charge is 2.36. The van der Waals surface area contributed by atoms with Crippen molar-refractivity contribution in [2.24, 2.45) is 5.92 Å². The molecule has 1 aliphatic rings. The number of likely N-dealkylation sites (N-methyl/N-ethyl adjacent to an activating group) is 1. The molecule has 118 valence electrons. The van der Waals surface area contributed by atoms with E-state index >= 15 is 0 Å². The third-order valence-electron chi connectivity index (χ3n) is 3.76. The molecule has 6 heteroatoms. The lowest BCUT2D eigenvalue weighted by Gasteiger charge is -2.26. The van der Waals surface area contributed by atoms with Crippen LogP contribution in [0.1, 0.15) is 40.0 Å². The maximum Gasteiger partial charge on any atom is 0.225 e. The zero-order valence-electron chi connectivity index (χ0n) is 12.8. The standard InChI is InChI=1S/C14H27N3O2.ClH/c1-4-12(5-2)17-10-11(9-13(17)18)14(19)16-8-7-15-6-3;/h11-12,15H,4-10H2,1-3H3,(H,16,19);1H. The normalized spacial score (nSPS) is 18.3. The van der Waals surface area contributed by atoms with Crippen molar-refractivity contribution < 1.29 is 9.59 Å². The van der Waals surface area contributed by atoms with Crippen LogP contribution in [0.15, 0.2) is 0 Å². The van der Waals surface area contributed by atoms with Crippen molar-refractivity contribution in [1.29, 1.82) is 0 Å². The fraction of sp³-hybridized carbons (Fsp3) is 0.857. The first-order valence-corrected chi connectivity index (χ1v) is 7.41. The summed E-state index contributed by atoms with van der Waals surface area (Å²) >= 11 is 0. The second-order valence-corrected chi connectivity index (χ2v) is 5.06. The van der Waals surface area contributed by atoms with Gasteiger partial charge in [-0.3, -0.25) is 9.59 Å². The molecule has 1 rings (SSSR count). The Bertz CT molecular complexity index is 309. The van der Waals surface area contributed by atoms with E-state index in [9.17, 15) is 9.59 Å². The number of carbonyl (C=O) groups excluding carboxylic acids is 2. The summed E-state index contributed by atoms with van der Waals surface area (Å²) in [6, 6.07) is 0.284. The molecule has 1 saturated heterocycles. The third-order valence-corrected chi connectivity index (χ3v) is 3.76. The zero-order valence-corrected chi connectivity index (χ0v) is 13.6. The Kier molecular flexibility index (Phi) is 9.59. The summed E-state index contributed by atoms with van der Waals surface area (Å²) in [6.45, 7) is 9.10. The van der Waals surface area contributed by atoms with E-state index in [4.69, 9.17) is 0 Å². The second kappa shape index (κ2) is 10.00. The third kappa shape index (κ3) is 5.29. The van der Waals surface area contributed by atoms with Crippen molar-refractivity contribution in [1.82, 2.24) is 15.5 Å². The predicted molar refractivity (Wildman–Crippen MR) is 83.0 cm³/mol. The number of halogens is 1. The molecular weight excluding hydrogens is 278 g/mol. The van der Waals surface area contributed by atoms with Crippen molar-refractivity contribution in [3.05, 3.63) is 0 Å². The highest BCUT2D eigenvalue weighted by molar-refractivity contribution is 5.89. The molecule has 2 amide bonds. The monoisotopic (exact) mass is 305 g/mol. The quantitative estimate of drug-likeness (QED) is 0.662. The second-order valence-electron chi connectivity index (χ2n) is 5.06. The van der Waals surface area contributed by atoms with Gasteiger partial charge >= 0.3 is 0 Å². The van der Waals surface area contributed by atoms with E-state index in [1.807, 2.05) is 11.8 Å². The molecule has 0 bridgehead atoms. The molecular formula is C14H28ClN3O2. The number of likely N-dealkylation sites (tertiary alicyclic amines) is 1. The van der Waals surface area contributed by atoms with Crippen LogP contribution in [0.3, 0.4) is 0 Å². The Labute approximate surface area is 128 Å². The van der Waals surface area contributed by atoms with Gasteiger partial charge < -0.3 is 15.5 Å². The zero-order chi connectivity index (χ0) is 14.3. The molecule has 0 saturated carbocycles. The van der Waals surface area contributed by atoms with Crippen molar-refractivity contribution in [3.63, 3.8) is 0 Å². The Balaban J connectivity index is 0.00000361. The Hall–Kier alpha value is -0.810. The number of hydrogen-bond acceptors (Lipinski definition) is 3. The van der Waals surface area contributed by atoms with Gasteiger partial charge in [-0.15, -0.1) is 12.4 Å². The van der Waals surface area contributed by atoms with Gasteiger partial charge in [0.25, 0.3) is 0 Å². The summed E-state index contributed by atoms with van der Waals surface area (Å²) in [5, 5.41) is 6.05. The Morgan fingerprint density at radius 1 is 1.30 bits per heavy atom. The van der Waals surface area contributed by atoms with Crippen LogP contribution in [0.2, 0.25) is 0 Å². The van der Waals surface area contributed by atoms with Gasteiger partial charge in [0.05, 0.1) is 5.92 Å². The van der Waals surface area contributed by atoms with Crippen molar-refractivity contribution in [2.45, 2.75) is 46.1 Å². The molecule has 1 heterocycles. The summed E-state index contributed by atoms with van der Waals surface area (Å²) < 4.78 is 0. The molecule has 0 aromatic heterocycles. The molecule has 20 heavy (non-hydrogen) atoms. The molecule has 0 aromatic carbocycles. The van der Waals surface area contributed by atoms with Gasteiger partial charge in [-0.2, -0.15) is 0 Å². The molecule has 2 N–H and O–H groups in total. The highest BCUT2D eigenvalue weighted by Crippen LogP contribution is 2.22. The van der Waals surface area contributed by atoms with Crippen LogP contribution in [-0.2, 0) is 9.59 Å². The van der Waals surface area contributed by atoms with E-state index in [0.29, 0.717) is 19.5 Å². The van der Waals surface area contributed by atoms with Gasteiger partial charge in [-0.25, -0.2) is 0 Å². The van der Waals surface area contributed by atoms with Crippen LogP contribution in [0.4, 0.5) is 0 Å². The van der Waals surface area contributed by atoms with Crippen LogP contribution in [-0.4, -0.2) is 48.9 Å². The Morgan fingerprint density at radius 3 is 2.50 bits per heavy atom. The molecule has 0 radical (unpaired) electrons. The van der Waals surface area contributed by atoms with Crippen molar-refractivity contribution in [2.75, 3.05) is 26.2 Å². The maximum absolute atomic E-state index is 12.0. The van der Waals surface area contributed by atoms with Crippen LogP contribution < -0.4 is 10.6 Å². The van der Waals surface area contributed by atoms with Gasteiger partial charge in [-0.05, 0) is 19.4 Å². The lowest BCUT2D eigenvalue weighted by Crippen LogP contribution is -2.39. The van der Waals surface area contributed by atoms with Crippen LogP contribution in [0.25, 0.3) is 0 Å². The van der Waals surface area contributed by atoms with Crippen molar-refractivity contribution in [3.8, 4) is 0 Å². The summed E-state index contributed by atoms with van der Waals surface area (Å²) in [6.07, 6.45) is 2.28. The molecule has 0 aromatic rings. The van der Waals surface area contributed by atoms with Crippen LogP contribution in [0.5, 0.6) is 0 Å². The topological polar surface area (TPSA) is 61.4 Å².